The maximum absolute atomic E-state index is 12.9. The van der Waals surface area contributed by atoms with E-state index in [0.717, 1.165) is 24.9 Å². The maximum atomic E-state index is 12.9. The fourth-order valence-electron chi connectivity index (χ4n) is 1.44. The van der Waals surface area contributed by atoms with E-state index in [2.05, 4.69) is 24.1 Å². The van der Waals surface area contributed by atoms with Crippen LogP contribution in [0.25, 0.3) is 0 Å². The Morgan fingerprint density at radius 1 is 1.43 bits per heavy atom. The zero-order valence-electron chi connectivity index (χ0n) is 8.76. The van der Waals surface area contributed by atoms with Crippen molar-refractivity contribution in [2.75, 3.05) is 6.54 Å². The van der Waals surface area contributed by atoms with Crippen LogP contribution in [0.5, 0.6) is 0 Å². The van der Waals surface area contributed by atoms with Gasteiger partial charge in [-0.2, -0.15) is 0 Å². The lowest BCUT2D eigenvalue weighted by molar-refractivity contribution is 0.511. The summed E-state index contributed by atoms with van der Waals surface area (Å²) in [5, 5.41) is 3.36. The number of nitrogens with zero attached hydrogens (tertiary/aromatic N) is 1. The third kappa shape index (κ3) is 3.07. The molecular formula is C11H17FN2. The first-order chi connectivity index (χ1) is 6.77. The normalized spacial score (nSPS) is 12.8. The number of pyridine rings is 1. The van der Waals surface area contributed by atoms with E-state index in [1.807, 2.05) is 0 Å². The average Bonchev–Trinajstić information content (AvgIpc) is 2.19. The molecule has 1 atom stereocenters. The largest absolute Gasteiger partial charge is 0.310 e. The molecule has 1 aromatic heterocycles. The Bertz CT molecular complexity index is 276. The number of hydrogen-bond acceptors (Lipinski definition) is 2. The van der Waals surface area contributed by atoms with Crippen LogP contribution in [0.4, 0.5) is 4.39 Å². The predicted molar refractivity (Wildman–Crippen MR) is 55.5 cm³/mol. The molecule has 0 aliphatic heterocycles. The molecule has 1 rings (SSSR count). The van der Waals surface area contributed by atoms with Gasteiger partial charge in [-0.15, -0.1) is 0 Å². The third-order valence-electron chi connectivity index (χ3n) is 2.18. The minimum atomic E-state index is -0.265. The molecule has 0 saturated heterocycles. The lowest BCUT2D eigenvalue weighted by Crippen LogP contribution is -2.21. The molecule has 0 saturated carbocycles. The van der Waals surface area contributed by atoms with Crippen LogP contribution in [0.3, 0.4) is 0 Å². The van der Waals surface area contributed by atoms with Crippen LogP contribution in [0, 0.1) is 5.82 Å². The second-order valence-electron chi connectivity index (χ2n) is 3.35. The third-order valence-corrected chi connectivity index (χ3v) is 2.18. The number of hydrogen-bond donors (Lipinski definition) is 1. The van der Waals surface area contributed by atoms with Gasteiger partial charge in [-0.05, 0) is 31.0 Å². The van der Waals surface area contributed by atoms with Crippen LogP contribution in [0.2, 0.25) is 0 Å². The van der Waals surface area contributed by atoms with Gasteiger partial charge < -0.3 is 5.32 Å². The Labute approximate surface area is 84.6 Å². The molecule has 1 heterocycles. The van der Waals surface area contributed by atoms with Gasteiger partial charge in [0.2, 0.25) is 0 Å². The monoisotopic (exact) mass is 196 g/mol. The smallest absolute Gasteiger partial charge is 0.141 e. The summed E-state index contributed by atoms with van der Waals surface area (Å²) in [6.45, 7) is 5.15. The molecule has 14 heavy (non-hydrogen) atoms. The SMILES string of the molecule is CCCNC(CC)c1cncc(F)c1. The van der Waals surface area contributed by atoms with Crippen molar-refractivity contribution in [2.45, 2.75) is 32.7 Å². The van der Waals surface area contributed by atoms with Crippen LogP contribution in [0.15, 0.2) is 18.5 Å². The van der Waals surface area contributed by atoms with Crippen molar-refractivity contribution in [2.24, 2.45) is 0 Å². The number of rotatable bonds is 5. The summed E-state index contributed by atoms with van der Waals surface area (Å²) < 4.78 is 12.9. The highest BCUT2D eigenvalue weighted by molar-refractivity contribution is 5.14. The molecule has 2 nitrogen and oxygen atoms in total. The minimum absolute atomic E-state index is 0.221. The van der Waals surface area contributed by atoms with Crippen molar-refractivity contribution in [1.82, 2.24) is 10.3 Å². The highest BCUT2D eigenvalue weighted by Crippen LogP contribution is 2.15. The first-order valence-electron chi connectivity index (χ1n) is 5.11. The minimum Gasteiger partial charge on any atom is -0.310 e. The molecule has 0 aliphatic carbocycles. The molecule has 0 aliphatic rings. The summed E-state index contributed by atoms with van der Waals surface area (Å²) in [6.07, 6.45) is 4.99. The molecule has 0 fully saturated rings. The Morgan fingerprint density at radius 2 is 2.21 bits per heavy atom. The topological polar surface area (TPSA) is 24.9 Å². The molecule has 3 heteroatoms. The van der Waals surface area contributed by atoms with E-state index in [9.17, 15) is 4.39 Å². The lowest BCUT2D eigenvalue weighted by atomic mass is 10.1. The van der Waals surface area contributed by atoms with E-state index in [0.29, 0.717) is 0 Å². The molecule has 0 radical (unpaired) electrons. The van der Waals surface area contributed by atoms with Crippen molar-refractivity contribution in [3.63, 3.8) is 0 Å². The van der Waals surface area contributed by atoms with E-state index >= 15 is 0 Å². The van der Waals surface area contributed by atoms with Gasteiger partial charge in [-0.3, -0.25) is 4.98 Å². The molecule has 78 valence electrons. The number of aromatic nitrogens is 1. The summed E-state index contributed by atoms with van der Waals surface area (Å²) in [4.78, 5) is 3.85. The van der Waals surface area contributed by atoms with Crippen LogP contribution < -0.4 is 5.32 Å². The molecule has 1 N–H and O–H groups in total. The molecule has 1 unspecified atom stereocenters. The zero-order chi connectivity index (χ0) is 10.4. The Balaban J connectivity index is 2.68. The van der Waals surface area contributed by atoms with Crippen LogP contribution >= 0.6 is 0 Å². The Morgan fingerprint density at radius 3 is 2.79 bits per heavy atom. The molecule has 1 aromatic rings. The molecule has 0 aromatic carbocycles. The summed E-state index contributed by atoms with van der Waals surface area (Å²) in [5.41, 5.74) is 0.931. The first kappa shape index (κ1) is 11.1. The molecule has 0 bridgehead atoms. The van der Waals surface area contributed by atoms with Gasteiger partial charge in [0.05, 0.1) is 6.20 Å². The van der Waals surface area contributed by atoms with E-state index in [4.69, 9.17) is 0 Å². The Hall–Kier alpha value is -0.960. The highest BCUT2D eigenvalue weighted by atomic mass is 19.1. The molecule has 0 amide bonds. The van der Waals surface area contributed by atoms with Crippen molar-refractivity contribution in [1.29, 1.82) is 0 Å². The van der Waals surface area contributed by atoms with Crippen molar-refractivity contribution >= 4 is 0 Å². The standard InChI is InChI=1S/C11H17FN2/c1-3-5-14-11(4-2)9-6-10(12)8-13-7-9/h6-8,11,14H,3-5H2,1-2H3. The number of nitrogens with one attached hydrogen (secondary N) is 1. The van der Waals surface area contributed by atoms with Gasteiger partial charge >= 0.3 is 0 Å². The van der Waals surface area contributed by atoms with Crippen LogP contribution in [-0.4, -0.2) is 11.5 Å². The highest BCUT2D eigenvalue weighted by Gasteiger charge is 2.08. The summed E-state index contributed by atoms with van der Waals surface area (Å²) >= 11 is 0. The van der Waals surface area contributed by atoms with E-state index < -0.39 is 0 Å². The summed E-state index contributed by atoms with van der Waals surface area (Å²) in [6, 6.07) is 1.77. The second kappa shape index (κ2) is 5.70. The Kier molecular flexibility index (Phi) is 4.53. The second-order valence-corrected chi connectivity index (χ2v) is 3.35. The van der Waals surface area contributed by atoms with E-state index in [-0.39, 0.29) is 11.9 Å². The van der Waals surface area contributed by atoms with Crippen molar-refractivity contribution < 1.29 is 4.39 Å². The van der Waals surface area contributed by atoms with Crippen LogP contribution in [-0.2, 0) is 0 Å². The van der Waals surface area contributed by atoms with E-state index in [1.54, 1.807) is 12.3 Å². The predicted octanol–water partition coefficient (Wildman–Crippen LogP) is 2.67. The zero-order valence-corrected chi connectivity index (χ0v) is 8.76. The molecular weight excluding hydrogens is 179 g/mol. The van der Waals surface area contributed by atoms with Gasteiger partial charge in [0.25, 0.3) is 0 Å². The first-order valence-corrected chi connectivity index (χ1v) is 5.11. The molecule has 0 spiro atoms. The van der Waals surface area contributed by atoms with E-state index in [1.165, 1.54) is 6.20 Å². The van der Waals surface area contributed by atoms with Gasteiger partial charge in [-0.1, -0.05) is 13.8 Å². The fourth-order valence-corrected chi connectivity index (χ4v) is 1.44. The van der Waals surface area contributed by atoms with Crippen molar-refractivity contribution in [3.8, 4) is 0 Å². The summed E-state index contributed by atoms with van der Waals surface area (Å²) in [7, 11) is 0. The van der Waals surface area contributed by atoms with Crippen molar-refractivity contribution in [3.05, 3.63) is 29.8 Å². The lowest BCUT2D eigenvalue weighted by Gasteiger charge is -2.16. The fraction of sp³-hybridized carbons (Fsp3) is 0.545. The van der Waals surface area contributed by atoms with Gasteiger partial charge in [0.15, 0.2) is 0 Å². The average molecular weight is 196 g/mol. The van der Waals surface area contributed by atoms with Gasteiger partial charge in [0, 0.05) is 12.2 Å². The maximum Gasteiger partial charge on any atom is 0.141 e. The number of halogens is 1. The van der Waals surface area contributed by atoms with Gasteiger partial charge in [-0.25, -0.2) is 4.39 Å². The summed E-state index contributed by atoms with van der Waals surface area (Å²) in [5.74, 6) is -0.265. The van der Waals surface area contributed by atoms with Crippen LogP contribution in [0.1, 0.15) is 38.3 Å². The van der Waals surface area contributed by atoms with Gasteiger partial charge in [0.1, 0.15) is 5.82 Å². The quantitative estimate of drug-likeness (QED) is 0.783.